The first-order chi connectivity index (χ1) is 9.36. The Kier molecular flexibility index (Phi) is 3.70. The van der Waals surface area contributed by atoms with Gasteiger partial charge in [-0.1, -0.05) is 18.2 Å². The highest BCUT2D eigenvalue weighted by molar-refractivity contribution is 5.37. The Labute approximate surface area is 114 Å². The highest BCUT2D eigenvalue weighted by Gasteiger charge is 2.25. The van der Waals surface area contributed by atoms with Crippen molar-refractivity contribution in [2.45, 2.75) is 25.2 Å². The van der Waals surface area contributed by atoms with Crippen LogP contribution in [-0.2, 0) is 0 Å². The lowest BCUT2D eigenvalue weighted by molar-refractivity contribution is 0.174. The largest absolute Gasteiger partial charge is 0.493 e. The Morgan fingerprint density at radius 2 is 2.00 bits per heavy atom. The van der Waals surface area contributed by atoms with Crippen LogP contribution in [-0.4, -0.2) is 31.1 Å². The molecule has 3 rings (SSSR count). The fourth-order valence-electron chi connectivity index (χ4n) is 3.16. The van der Waals surface area contributed by atoms with Crippen LogP contribution in [0.3, 0.4) is 0 Å². The molecule has 0 saturated carbocycles. The second kappa shape index (κ2) is 5.63. The average molecular weight is 256 g/mol. The molecule has 19 heavy (non-hydrogen) atoms. The summed E-state index contributed by atoms with van der Waals surface area (Å²) in [7, 11) is 0. The van der Waals surface area contributed by atoms with Crippen molar-refractivity contribution < 1.29 is 4.74 Å². The third-order valence-electron chi connectivity index (χ3n) is 4.33. The minimum absolute atomic E-state index is 0.276. The van der Waals surface area contributed by atoms with Crippen LogP contribution in [0.1, 0.15) is 30.7 Å². The van der Waals surface area contributed by atoms with Gasteiger partial charge in [0.2, 0.25) is 0 Å². The van der Waals surface area contributed by atoms with Gasteiger partial charge >= 0.3 is 0 Å². The smallest absolute Gasteiger partial charge is 0.122 e. The van der Waals surface area contributed by atoms with E-state index in [0.29, 0.717) is 5.92 Å². The lowest BCUT2D eigenvalue weighted by Crippen LogP contribution is -2.37. The molecule has 0 spiro atoms. The molecule has 1 fully saturated rings. The molecule has 3 nitrogen and oxygen atoms in total. The van der Waals surface area contributed by atoms with E-state index in [1.807, 2.05) is 6.07 Å². The third kappa shape index (κ3) is 2.74. The molecule has 0 amide bonds. The number of likely N-dealkylation sites (tertiary alicyclic amines) is 1. The van der Waals surface area contributed by atoms with Crippen LogP contribution in [0.2, 0.25) is 0 Å². The summed E-state index contributed by atoms with van der Waals surface area (Å²) in [5.74, 6) is 1.92. The van der Waals surface area contributed by atoms with Crippen molar-refractivity contribution in [1.82, 2.24) is 4.90 Å². The first-order valence-corrected chi connectivity index (χ1v) is 7.20. The van der Waals surface area contributed by atoms with E-state index in [1.54, 1.807) is 0 Å². The zero-order valence-corrected chi connectivity index (χ0v) is 11.2. The van der Waals surface area contributed by atoms with Crippen molar-refractivity contribution in [3.63, 3.8) is 0 Å². The highest BCUT2D eigenvalue weighted by atomic mass is 16.5. The van der Waals surface area contributed by atoms with Crippen molar-refractivity contribution in [3.8, 4) is 11.8 Å². The van der Waals surface area contributed by atoms with Gasteiger partial charge in [0.1, 0.15) is 5.75 Å². The molecular weight excluding hydrogens is 236 g/mol. The molecule has 0 aromatic heterocycles. The van der Waals surface area contributed by atoms with E-state index < -0.39 is 0 Å². The first kappa shape index (κ1) is 12.5. The van der Waals surface area contributed by atoms with Crippen LogP contribution in [0.5, 0.6) is 5.75 Å². The van der Waals surface area contributed by atoms with Crippen molar-refractivity contribution in [2.24, 2.45) is 5.92 Å². The van der Waals surface area contributed by atoms with Gasteiger partial charge in [0.25, 0.3) is 0 Å². The zero-order valence-electron chi connectivity index (χ0n) is 11.2. The number of nitrogens with zero attached hydrogens (tertiary/aromatic N) is 2. The van der Waals surface area contributed by atoms with E-state index >= 15 is 0 Å². The quantitative estimate of drug-likeness (QED) is 0.816. The molecule has 1 aromatic carbocycles. The van der Waals surface area contributed by atoms with Gasteiger partial charge in [-0.2, -0.15) is 5.26 Å². The zero-order chi connectivity index (χ0) is 13.1. The summed E-state index contributed by atoms with van der Waals surface area (Å²) in [6, 6.07) is 10.8. The maximum Gasteiger partial charge on any atom is 0.122 e. The van der Waals surface area contributed by atoms with Crippen LogP contribution in [0.25, 0.3) is 0 Å². The monoisotopic (exact) mass is 256 g/mol. The summed E-state index contributed by atoms with van der Waals surface area (Å²) in [4.78, 5) is 2.51. The minimum Gasteiger partial charge on any atom is -0.493 e. The molecule has 0 aliphatic carbocycles. The van der Waals surface area contributed by atoms with Crippen LogP contribution in [0, 0.1) is 17.2 Å². The number of ether oxygens (including phenoxy) is 1. The third-order valence-corrected chi connectivity index (χ3v) is 4.33. The normalized spacial score (nSPS) is 24.3. The van der Waals surface area contributed by atoms with E-state index in [9.17, 15) is 0 Å². The Hall–Kier alpha value is -1.53. The Balaban J connectivity index is 1.64. The van der Waals surface area contributed by atoms with Crippen molar-refractivity contribution >= 4 is 0 Å². The fourth-order valence-corrected chi connectivity index (χ4v) is 3.16. The second-order valence-corrected chi connectivity index (χ2v) is 5.58. The number of hydrogen-bond acceptors (Lipinski definition) is 3. The molecule has 100 valence electrons. The number of hydrogen-bond donors (Lipinski definition) is 0. The summed E-state index contributed by atoms with van der Waals surface area (Å²) in [5, 5.41) is 8.94. The van der Waals surface area contributed by atoms with Crippen molar-refractivity contribution in [2.75, 3.05) is 26.2 Å². The molecule has 1 atom stereocenters. The molecule has 0 N–H and O–H groups in total. The topological polar surface area (TPSA) is 36.3 Å². The van der Waals surface area contributed by atoms with Gasteiger partial charge in [-0.3, -0.25) is 0 Å². The predicted molar refractivity (Wildman–Crippen MR) is 74.1 cm³/mol. The van der Waals surface area contributed by atoms with Crippen molar-refractivity contribution in [1.29, 1.82) is 5.26 Å². The second-order valence-electron chi connectivity index (χ2n) is 5.58. The van der Waals surface area contributed by atoms with Gasteiger partial charge in [-0.25, -0.2) is 0 Å². The first-order valence-electron chi connectivity index (χ1n) is 7.20. The molecule has 0 bridgehead atoms. The fraction of sp³-hybridized carbons (Fsp3) is 0.562. The van der Waals surface area contributed by atoms with Crippen LogP contribution < -0.4 is 4.74 Å². The molecule has 0 radical (unpaired) electrons. The molecule has 2 aliphatic heterocycles. The maximum atomic E-state index is 8.94. The molecule has 3 heteroatoms. The van der Waals surface area contributed by atoms with Gasteiger partial charge in [-0.05, 0) is 44.0 Å². The molecular formula is C16H20N2O. The Bertz CT molecular complexity index is 472. The number of para-hydroxylation sites is 1. The van der Waals surface area contributed by atoms with E-state index in [1.165, 1.54) is 5.56 Å². The predicted octanol–water partition coefficient (Wildman–Crippen LogP) is 2.79. The van der Waals surface area contributed by atoms with Gasteiger partial charge in [0.15, 0.2) is 0 Å². The summed E-state index contributed by atoms with van der Waals surface area (Å²) in [5.41, 5.74) is 1.36. The van der Waals surface area contributed by atoms with Crippen LogP contribution in [0.4, 0.5) is 0 Å². The number of piperidine rings is 1. The van der Waals surface area contributed by atoms with E-state index in [-0.39, 0.29) is 5.92 Å². The number of rotatable bonds is 2. The maximum absolute atomic E-state index is 8.94. The summed E-state index contributed by atoms with van der Waals surface area (Å²) in [6.07, 6.45) is 3.16. The molecule has 1 saturated heterocycles. The van der Waals surface area contributed by atoms with Crippen LogP contribution in [0.15, 0.2) is 24.3 Å². The Morgan fingerprint density at radius 1 is 1.21 bits per heavy atom. The summed E-state index contributed by atoms with van der Waals surface area (Å²) < 4.78 is 5.72. The minimum atomic E-state index is 0.276. The molecule has 2 aliphatic rings. The van der Waals surface area contributed by atoms with Gasteiger partial charge in [-0.15, -0.1) is 0 Å². The van der Waals surface area contributed by atoms with Gasteiger partial charge in [0.05, 0.1) is 12.7 Å². The lowest BCUT2D eigenvalue weighted by atomic mass is 9.91. The lowest BCUT2D eigenvalue weighted by Gasteiger charge is -2.34. The molecule has 1 aromatic rings. The van der Waals surface area contributed by atoms with E-state index in [0.717, 1.165) is 51.3 Å². The van der Waals surface area contributed by atoms with E-state index in [4.69, 9.17) is 10.00 Å². The van der Waals surface area contributed by atoms with Crippen LogP contribution >= 0.6 is 0 Å². The molecule has 1 unspecified atom stereocenters. The Morgan fingerprint density at radius 3 is 2.79 bits per heavy atom. The SMILES string of the molecule is N#CC1CCN(CC2CCOc3ccccc32)CC1. The summed E-state index contributed by atoms with van der Waals surface area (Å²) in [6.45, 7) is 4.07. The number of fused-ring (bicyclic) bond motifs is 1. The standard InChI is InChI=1S/C16H20N2O/c17-11-13-5-8-18(9-6-13)12-14-7-10-19-16-4-2-1-3-15(14)16/h1-4,13-14H,5-10,12H2. The number of benzene rings is 1. The molecule has 2 heterocycles. The van der Waals surface area contributed by atoms with Gasteiger partial charge in [0, 0.05) is 18.4 Å². The van der Waals surface area contributed by atoms with E-state index in [2.05, 4.69) is 29.2 Å². The average Bonchev–Trinajstić information content (AvgIpc) is 2.48. The highest BCUT2D eigenvalue weighted by Crippen LogP contribution is 2.34. The number of nitriles is 1. The van der Waals surface area contributed by atoms with Crippen molar-refractivity contribution in [3.05, 3.63) is 29.8 Å². The summed E-state index contributed by atoms with van der Waals surface area (Å²) >= 11 is 0. The van der Waals surface area contributed by atoms with Gasteiger partial charge < -0.3 is 9.64 Å².